The molecule has 1 aromatic carbocycles. The van der Waals surface area contributed by atoms with E-state index in [-0.39, 0.29) is 25.2 Å². The first kappa shape index (κ1) is 21.8. The molecule has 0 unspecified atom stereocenters. The molecule has 1 aromatic rings. The summed E-state index contributed by atoms with van der Waals surface area (Å²) in [6.45, 7) is -0.675. The maximum atomic E-state index is 12.0. The van der Waals surface area contributed by atoms with Crippen LogP contribution in [0.15, 0.2) is 24.3 Å². The zero-order valence-corrected chi connectivity index (χ0v) is 14.5. The number of alkyl halides is 3. The highest BCUT2D eigenvalue weighted by Gasteiger charge is 2.27. The van der Waals surface area contributed by atoms with Crippen molar-refractivity contribution in [1.29, 1.82) is 0 Å². The molecule has 0 saturated carbocycles. The smallest absolute Gasteiger partial charge is 0.411 e. The molecule has 0 atom stereocenters. The van der Waals surface area contributed by atoms with Gasteiger partial charge in [0.1, 0.15) is 6.61 Å². The molecule has 0 aliphatic heterocycles. The minimum Gasteiger partial charge on any atom is -0.469 e. The maximum absolute atomic E-state index is 12.0. The van der Waals surface area contributed by atoms with E-state index in [9.17, 15) is 22.8 Å². The average molecular weight is 376 g/mol. The average Bonchev–Trinajstić information content (AvgIpc) is 2.59. The van der Waals surface area contributed by atoms with Gasteiger partial charge < -0.3 is 20.1 Å². The first-order chi connectivity index (χ1) is 12.3. The molecule has 0 bridgehead atoms. The normalized spacial score (nSPS) is 11.1. The summed E-state index contributed by atoms with van der Waals surface area (Å²) >= 11 is 0. The number of esters is 1. The lowest BCUT2D eigenvalue weighted by atomic mass is 10.1. The number of nitrogens with one attached hydrogen (secondary N) is 2. The molecule has 0 aliphatic rings. The molecule has 9 heteroatoms. The van der Waals surface area contributed by atoms with Crippen molar-refractivity contribution in [2.45, 2.75) is 38.6 Å². The van der Waals surface area contributed by atoms with Gasteiger partial charge in [-0.15, -0.1) is 0 Å². The first-order valence-electron chi connectivity index (χ1n) is 8.11. The van der Waals surface area contributed by atoms with E-state index in [4.69, 9.17) is 0 Å². The lowest BCUT2D eigenvalue weighted by Crippen LogP contribution is -2.35. The highest BCUT2D eigenvalue weighted by molar-refractivity contribution is 5.73. The Kier molecular flexibility index (Phi) is 9.50. The van der Waals surface area contributed by atoms with Gasteiger partial charge in [-0.25, -0.2) is 4.79 Å². The molecule has 0 heterocycles. The Balaban J connectivity index is 2.18. The fourth-order valence-corrected chi connectivity index (χ4v) is 1.98. The van der Waals surface area contributed by atoms with E-state index in [1.807, 2.05) is 0 Å². The van der Waals surface area contributed by atoms with Gasteiger partial charge in [-0.1, -0.05) is 24.3 Å². The number of ether oxygens (including phenoxy) is 2. The van der Waals surface area contributed by atoms with Crippen molar-refractivity contribution in [3.05, 3.63) is 35.4 Å². The minimum absolute atomic E-state index is 0.126. The van der Waals surface area contributed by atoms with Crippen LogP contribution in [-0.2, 0) is 27.4 Å². The van der Waals surface area contributed by atoms with Crippen LogP contribution in [0.1, 0.15) is 30.4 Å². The Morgan fingerprint density at radius 3 is 2.31 bits per heavy atom. The van der Waals surface area contributed by atoms with Gasteiger partial charge >= 0.3 is 18.2 Å². The van der Waals surface area contributed by atoms with Crippen molar-refractivity contribution in [3.8, 4) is 0 Å². The van der Waals surface area contributed by atoms with E-state index in [0.29, 0.717) is 31.4 Å². The third-order valence-electron chi connectivity index (χ3n) is 3.33. The number of carbonyl (C=O) groups excluding carboxylic acids is 2. The van der Waals surface area contributed by atoms with Crippen LogP contribution in [0.5, 0.6) is 0 Å². The Morgan fingerprint density at radius 1 is 1.04 bits per heavy atom. The second-order valence-electron chi connectivity index (χ2n) is 5.57. The van der Waals surface area contributed by atoms with Gasteiger partial charge in [0.2, 0.25) is 0 Å². The van der Waals surface area contributed by atoms with Gasteiger partial charge in [0, 0.05) is 19.5 Å². The standard InChI is InChI=1S/C17H23F3N2O4/c1-25-15(23)4-2-3-9-21-16(24)22-10-13-5-7-14(8-6-13)11-26-12-17(18,19)20/h5-8H,2-4,9-12H2,1H3,(H2,21,22,24). The van der Waals surface area contributed by atoms with Crippen LogP contribution >= 0.6 is 0 Å². The van der Waals surface area contributed by atoms with E-state index in [1.165, 1.54) is 7.11 Å². The molecule has 0 aromatic heterocycles. The molecule has 6 nitrogen and oxygen atoms in total. The Labute approximate surface area is 150 Å². The second kappa shape index (κ2) is 11.3. The minimum atomic E-state index is -4.34. The van der Waals surface area contributed by atoms with Crippen LogP contribution in [0.25, 0.3) is 0 Å². The van der Waals surface area contributed by atoms with Gasteiger partial charge in [-0.3, -0.25) is 4.79 Å². The summed E-state index contributed by atoms with van der Waals surface area (Å²) in [5, 5.41) is 5.34. The van der Waals surface area contributed by atoms with Gasteiger partial charge in [0.05, 0.1) is 13.7 Å². The fourth-order valence-electron chi connectivity index (χ4n) is 1.98. The van der Waals surface area contributed by atoms with Crippen molar-refractivity contribution in [1.82, 2.24) is 10.6 Å². The zero-order valence-electron chi connectivity index (χ0n) is 14.5. The molecular weight excluding hydrogens is 353 g/mol. The molecule has 2 amide bonds. The molecular formula is C17H23F3N2O4. The lowest BCUT2D eigenvalue weighted by molar-refractivity contribution is -0.176. The molecule has 0 radical (unpaired) electrons. The molecule has 0 fully saturated rings. The number of unbranched alkanes of at least 4 members (excludes halogenated alkanes) is 1. The molecule has 146 valence electrons. The van der Waals surface area contributed by atoms with Crippen LogP contribution in [0, 0.1) is 0 Å². The highest BCUT2D eigenvalue weighted by Crippen LogP contribution is 2.15. The predicted octanol–water partition coefficient (Wildman–Crippen LogP) is 2.91. The number of carbonyl (C=O) groups is 2. The molecule has 1 rings (SSSR count). The van der Waals surface area contributed by atoms with Gasteiger partial charge in [-0.2, -0.15) is 13.2 Å². The van der Waals surface area contributed by atoms with E-state index < -0.39 is 12.8 Å². The van der Waals surface area contributed by atoms with Gasteiger partial charge in [-0.05, 0) is 24.0 Å². The number of hydrogen-bond donors (Lipinski definition) is 2. The lowest BCUT2D eigenvalue weighted by Gasteiger charge is -2.09. The first-order valence-corrected chi connectivity index (χ1v) is 8.11. The molecule has 0 saturated heterocycles. The summed E-state index contributed by atoms with van der Waals surface area (Å²) < 4.78 is 45.1. The number of rotatable bonds is 10. The van der Waals surface area contributed by atoms with Crippen LogP contribution < -0.4 is 10.6 Å². The predicted molar refractivity (Wildman–Crippen MR) is 88.3 cm³/mol. The summed E-state index contributed by atoms with van der Waals surface area (Å²) in [6, 6.07) is 6.39. The van der Waals surface area contributed by atoms with E-state index in [1.54, 1.807) is 24.3 Å². The topological polar surface area (TPSA) is 76.7 Å². The Hall–Kier alpha value is -2.29. The van der Waals surface area contributed by atoms with Crippen LogP contribution in [0.2, 0.25) is 0 Å². The summed E-state index contributed by atoms with van der Waals surface area (Å²) in [6.07, 6.45) is -2.73. The quantitative estimate of drug-likeness (QED) is 0.486. The monoisotopic (exact) mass is 376 g/mol. The number of amides is 2. The highest BCUT2D eigenvalue weighted by atomic mass is 19.4. The van der Waals surface area contributed by atoms with Crippen molar-refractivity contribution in [3.63, 3.8) is 0 Å². The van der Waals surface area contributed by atoms with Crippen molar-refractivity contribution in [2.24, 2.45) is 0 Å². The largest absolute Gasteiger partial charge is 0.469 e. The summed E-state index contributed by atoms with van der Waals surface area (Å²) in [4.78, 5) is 22.5. The Morgan fingerprint density at radius 2 is 1.69 bits per heavy atom. The number of hydrogen-bond acceptors (Lipinski definition) is 4. The third kappa shape index (κ3) is 10.5. The maximum Gasteiger partial charge on any atom is 0.411 e. The van der Waals surface area contributed by atoms with E-state index in [0.717, 1.165) is 5.56 Å². The second-order valence-corrected chi connectivity index (χ2v) is 5.57. The molecule has 26 heavy (non-hydrogen) atoms. The van der Waals surface area contributed by atoms with E-state index >= 15 is 0 Å². The molecule has 2 N–H and O–H groups in total. The van der Waals surface area contributed by atoms with Crippen LogP contribution in [-0.4, -0.2) is 38.4 Å². The summed E-state index contributed by atoms with van der Waals surface area (Å²) in [7, 11) is 1.33. The summed E-state index contributed by atoms with van der Waals surface area (Å²) in [5.74, 6) is -0.276. The zero-order chi connectivity index (χ0) is 19.4. The SMILES string of the molecule is COC(=O)CCCCNC(=O)NCc1ccc(COCC(F)(F)F)cc1. The van der Waals surface area contributed by atoms with E-state index in [2.05, 4.69) is 20.1 Å². The summed E-state index contributed by atoms with van der Waals surface area (Å²) in [5.41, 5.74) is 1.43. The number of urea groups is 1. The Bertz CT molecular complexity index is 562. The van der Waals surface area contributed by atoms with Gasteiger partial charge in [0.15, 0.2) is 0 Å². The van der Waals surface area contributed by atoms with Gasteiger partial charge in [0.25, 0.3) is 0 Å². The molecule has 0 spiro atoms. The van der Waals surface area contributed by atoms with Crippen molar-refractivity contribution < 1.29 is 32.2 Å². The number of halogens is 3. The fraction of sp³-hybridized carbons (Fsp3) is 0.529. The number of benzene rings is 1. The van der Waals surface area contributed by atoms with Crippen LogP contribution in [0.4, 0.5) is 18.0 Å². The van der Waals surface area contributed by atoms with Crippen molar-refractivity contribution in [2.75, 3.05) is 20.3 Å². The molecule has 0 aliphatic carbocycles. The van der Waals surface area contributed by atoms with Crippen molar-refractivity contribution >= 4 is 12.0 Å². The number of methoxy groups -OCH3 is 1. The van der Waals surface area contributed by atoms with Crippen LogP contribution in [0.3, 0.4) is 0 Å². The third-order valence-corrected chi connectivity index (χ3v) is 3.33.